The number of rotatable bonds is 11. The second-order valence-corrected chi connectivity index (χ2v) is 8.30. The van der Waals surface area contributed by atoms with Gasteiger partial charge < -0.3 is 14.6 Å². The van der Waals surface area contributed by atoms with Crippen molar-refractivity contribution in [3.05, 3.63) is 95.8 Å². The topological polar surface area (TPSA) is 56.1 Å². The van der Waals surface area contributed by atoms with Crippen LogP contribution in [0.15, 0.2) is 78.9 Å². The molecule has 170 valence electrons. The van der Waals surface area contributed by atoms with Gasteiger partial charge in [0.1, 0.15) is 11.6 Å². The number of fused-ring (bicyclic) bond motifs is 1. The van der Waals surface area contributed by atoms with Crippen molar-refractivity contribution in [1.82, 2.24) is 14.9 Å². The summed E-state index contributed by atoms with van der Waals surface area (Å²) in [5.41, 5.74) is 4.42. The number of aryl methyl sites for hydroxylation is 3. The van der Waals surface area contributed by atoms with Crippen LogP contribution >= 0.6 is 0 Å². The van der Waals surface area contributed by atoms with Gasteiger partial charge in [-0.3, -0.25) is 4.79 Å². The molecule has 5 nitrogen and oxygen atoms in total. The van der Waals surface area contributed by atoms with Gasteiger partial charge in [0.05, 0.1) is 24.1 Å². The Morgan fingerprint density at radius 1 is 0.939 bits per heavy atom. The summed E-state index contributed by atoms with van der Waals surface area (Å²) >= 11 is 0. The number of hydrogen-bond acceptors (Lipinski definition) is 3. The molecule has 0 unspecified atom stereocenters. The number of carbonyl (C=O) groups is 1. The molecule has 4 rings (SSSR count). The average Bonchev–Trinajstić information content (AvgIpc) is 3.19. The Balaban J connectivity index is 1.29. The molecule has 0 saturated carbocycles. The Kier molecular flexibility index (Phi) is 7.75. The molecule has 4 aromatic rings. The fourth-order valence-corrected chi connectivity index (χ4v) is 3.93. The van der Waals surface area contributed by atoms with Crippen LogP contribution in [0.5, 0.6) is 5.75 Å². The monoisotopic (exact) mass is 441 g/mol. The maximum Gasteiger partial charge on any atom is 0.224 e. The van der Waals surface area contributed by atoms with E-state index in [1.165, 1.54) is 5.56 Å². The second-order valence-electron chi connectivity index (χ2n) is 8.30. The van der Waals surface area contributed by atoms with Crippen LogP contribution in [0, 0.1) is 6.92 Å². The zero-order chi connectivity index (χ0) is 22.9. The molecule has 0 radical (unpaired) electrons. The first-order valence-corrected chi connectivity index (χ1v) is 11.6. The number of amides is 1. The van der Waals surface area contributed by atoms with E-state index < -0.39 is 0 Å². The van der Waals surface area contributed by atoms with Crippen LogP contribution in [0.25, 0.3) is 11.0 Å². The van der Waals surface area contributed by atoms with Crippen molar-refractivity contribution in [2.45, 2.75) is 39.2 Å². The zero-order valence-corrected chi connectivity index (χ0v) is 19.2. The van der Waals surface area contributed by atoms with Crippen LogP contribution in [-0.4, -0.2) is 28.6 Å². The van der Waals surface area contributed by atoms with Crippen molar-refractivity contribution in [3.63, 3.8) is 0 Å². The van der Waals surface area contributed by atoms with Crippen LogP contribution < -0.4 is 10.1 Å². The number of benzene rings is 3. The number of imidazole rings is 1. The molecule has 5 heteroatoms. The summed E-state index contributed by atoms with van der Waals surface area (Å²) in [6.07, 6.45) is 2.98. The van der Waals surface area contributed by atoms with Gasteiger partial charge in [-0.25, -0.2) is 4.98 Å². The molecule has 0 atom stereocenters. The van der Waals surface area contributed by atoms with Crippen molar-refractivity contribution in [2.24, 2.45) is 0 Å². The average molecular weight is 442 g/mol. The molecule has 0 aliphatic rings. The van der Waals surface area contributed by atoms with E-state index in [2.05, 4.69) is 47.1 Å². The molecular formula is C28H31N3O2. The predicted octanol–water partition coefficient (Wildman–Crippen LogP) is 5.11. The van der Waals surface area contributed by atoms with Gasteiger partial charge in [-0.2, -0.15) is 0 Å². The minimum Gasteiger partial charge on any atom is -0.494 e. The lowest BCUT2D eigenvalue weighted by molar-refractivity contribution is -0.120. The summed E-state index contributed by atoms with van der Waals surface area (Å²) in [6, 6.07) is 26.2. The number of nitrogens with zero attached hydrogens (tertiary/aromatic N) is 2. The molecule has 0 fully saturated rings. The largest absolute Gasteiger partial charge is 0.494 e. The fraction of sp³-hybridized carbons (Fsp3) is 0.286. The normalized spacial score (nSPS) is 10.9. The molecule has 1 aromatic heterocycles. The lowest BCUT2D eigenvalue weighted by Gasteiger charge is -2.11. The van der Waals surface area contributed by atoms with Crippen molar-refractivity contribution in [2.75, 3.05) is 13.2 Å². The van der Waals surface area contributed by atoms with Crippen LogP contribution in [-0.2, 0) is 24.2 Å². The highest BCUT2D eigenvalue weighted by molar-refractivity contribution is 5.78. The van der Waals surface area contributed by atoms with E-state index in [4.69, 9.17) is 9.72 Å². The maximum atomic E-state index is 12.2. The van der Waals surface area contributed by atoms with E-state index in [0.717, 1.165) is 54.0 Å². The van der Waals surface area contributed by atoms with Crippen molar-refractivity contribution in [3.8, 4) is 5.75 Å². The lowest BCUT2D eigenvalue weighted by atomic mass is 10.1. The van der Waals surface area contributed by atoms with Gasteiger partial charge in [0.15, 0.2) is 0 Å². The Morgan fingerprint density at radius 2 is 1.70 bits per heavy atom. The number of carbonyl (C=O) groups excluding carboxylic acids is 1. The molecule has 0 bridgehead atoms. The molecule has 0 spiro atoms. The molecule has 0 aliphatic heterocycles. The molecule has 0 aliphatic carbocycles. The smallest absolute Gasteiger partial charge is 0.224 e. The quantitative estimate of drug-likeness (QED) is 0.329. The highest BCUT2D eigenvalue weighted by atomic mass is 16.5. The van der Waals surface area contributed by atoms with Gasteiger partial charge in [-0.15, -0.1) is 0 Å². The van der Waals surface area contributed by atoms with E-state index in [1.807, 2.05) is 48.5 Å². The predicted molar refractivity (Wildman–Crippen MR) is 133 cm³/mol. The minimum absolute atomic E-state index is 0.0583. The third-order valence-electron chi connectivity index (χ3n) is 5.66. The van der Waals surface area contributed by atoms with Crippen LogP contribution in [0.2, 0.25) is 0 Å². The molecule has 1 heterocycles. The molecule has 1 N–H and O–H groups in total. The summed E-state index contributed by atoms with van der Waals surface area (Å²) in [5, 5.41) is 3.03. The summed E-state index contributed by atoms with van der Waals surface area (Å²) in [7, 11) is 0. The number of nitrogens with one attached hydrogen (secondary N) is 1. The molecule has 33 heavy (non-hydrogen) atoms. The SMILES string of the molecule is Cc1ccc(OCCCn2c(CCCNC(=O)Cc3ccccc3)nc3ccccc32)cc1. The number of hydrogen-bond donors (Lipinski definition) is 1. The molecular weight excluding hydrogens is 410 g/mol. The van der Waals surface area contributed by atoms with Gasteiger partial charge >= 0.3 is 0 Å². The first kappa shape index (κ1) is 22.6. The zero-order valence-electron chi connectivity index (χ0n) is 19.2. The highest BCUT2D eigenvalue weighted by Gasteiger charge is 2.11. The van der Waals surface area contributed by atoms with Gasteiger partial charge in [0, 0.05) is 19.5 Å². The van der Waals surface area contributed by atoms with E-state index >= 15 is 0 Å². The Bertz CT molecular complexity index is 1170. The summed E-state index contributed by atoms with van der Waals surface area (Å²) in [5.74, 6) is 2.02. The Morgan fingerprint density at radius 3 is 2.52 bits per heavy atom. The minimum atomic E-state index is 0.0583. The fourth-order valence-electron chi connectivity index (χ4n) is 3.93. The number of aromatic nitrogens is 2. The molecule has 0 saturated heterocycles. The van der Waals surface area contributed by atoms with Crippen molar-refractivity contribution < 1.29 is 9.53 Å². The Hall–Kier alpha value is -3.60. The van der Waals surface area contributed by atoms with Crippen LogP contribution in [0.1, 0.15) is 29.8 Å². The van der Waals surface area contributed by atoms with E-state index in [9.17, 15) is 4.79 Å². The number of ether oxygens (including phenoxy) is 1. The van der Waals surface area contributed by atoms with Gasteiger partial charge in [0.25, 0.3) is 0 Å². The number of para-hydroxylation sites is 2. The van der Waals surface area contributed by atoms with E-state index in [0.29, 0.717) is 19.6 Å². The third-order valence-corrected chi connectivity index (χ3v) is 5.66. The second kappa shape index (κ2) is 11.3. The van der Waals surface area contributed by atoms with Crippen LogP contribution in [0.4, 0.5) is 0 Å². The van der Waals surface area contributed by atoms with Crippen molar-refractivity contribution in [1.29, 1.82) is 0 Å². The van der Waals surface area contributed by atoms with Gasteiger partial charge in [0.2, 0.25) is 5.91 Å². The first-order valence-electron chi connectivity index (χ1n) is 11.6. The first-order chi connectivity index (χ1) is 16.2. The van der Waals surface area contributed by atoms with E-state index in [1.54, 1.807) is 0 Å². The molecule has 1 amide bonds. The lowest BCUT2D eigenvalue weighted by Crippen LogP contribution is -2.26. The van der Waals surface area contributed by atoms with Crippen LogP contribution in [0.3, 0.4) is 0 Å². The maximum absolute atomic E-state index is 12.2. The molecule has 3 aromatic carbocycles. The highest BCUT2D eigenvalue weighted by Crippen LogP contribution is 2.18. The van der Waals surface area contributed by atoms with Gasteiger partial charge in [-0.1, -0.05) is 60.2 Å². The van der Waals surface area contributed by atoms with E-state index in [-0.39, 0.29) is 5.91 Å². The standard InChI is InChI=1S/C28H31N3O2/c1-22-14-16-24(17-15-22)33-20-8-19-31-26-12-6-5-11-25(26)30-27(31)13-7-18-29-28(32)21-23-9-3-2-4-10-23/h2-6,9-12,14-17H,7-8,13,18-21H2,1H3,(H,29,32). The Labute approximate surface area is 195 Å². The summed E-state index contributed by atoms with van der Waals surface area (Å²) in [4.78, 5) is 17.0. The van der Waals surface area contributed by atoms with Gasteiger partial charge in [-0.05, 0) is 49.6 Å². The summed E-state index contributed by atoms with van der Waals surface area (Å²) in [6.45, 7) is 4.22. The third kappa shape index (κ3) is 6.45. The van der Waals surface area contributed by atoms with Crippen molar-refractivity contribution >= 4 is 16.9 Å². The summed E-state index contributed by atoms with van der Waals surface area (Å²) < 4.78 is 8.19.